The Bertz CT molecular complexity index is 641. The Morgan fingerprint density at radius 1 is 1.20 bits per heavy atom. The van der Waals surface area contributed by atoms with Gasteiger partial charge in [0.1, 0.15) is 5.01 Å². The number of carbonyl (C=O) groups excluding carboxylic acids is 1. The lowest BCUT2D eigenvalue weighted by molar-refractivity contribution is 0.0595. The third-order valence-electron chi connectivity index (χ3n) is 2.60. The summed E-state index contributed by atoms with van der Waals surface area (Å²) in [6, 6.07) is 3.61. The zero-order chi connectivity index (χ0) is 14.7. The van der Waals surface area contributed by atoms with Gasteiger partial charge >= 0.3 is 5.97 Å². The number of carbonyl (C=O) groups is 1. The van der Waals surface area contributed by atoms with Crippen LogP contribution in [0.3, 0.4) is 0 Å². The first-order chi connectivity index (χ1) is 9.60. The van der Waals surface area contributed by atoms with Gasteiger partial charge < -0.3 is 14.2 Å². The summed E-state index contributed by atoms with van der Waals surface area (Å²) < 4.78 is 15.9. The maximum atomic E-state index is 11.4. The standard InChI is InChI=1S/C13H12BrNO4S/c1-17-10-4-7(8(14)5-11(10)18-2)12-15-9(6-20-12)13(16)19-3/h4-6H,1-3H3. The molecule has 1 aromatic carbocycles. The summed E-state index contributed by atoms with van der Waals surface area (Å²) in [7, 11) is 4.47. The van der Waals surface area contributed by atoms with E-state index in [2.05, 4.69) is 25.7 Å². The van der Waals surface area contributed by atoms with Crippen molar-refractivity contribution >= 4 is 33.2 Å². The van der Waals surface area contributed by atoms with Gasteiger partial charge in [0.15, 0.2) is 17.2 Å². The third-order valence-corrected chi connectivity index (χ3v) is 4.13. The second-order valence-corrected chi connectivity index (χ2v) is 5.43. The number of ether oxygens (including phenoxy) is 3. The van der Waals surface area contributed by atoms with Gasteiger partial charge in [0, 0.05) is 15.4 Å². The summed E-state index contributed by atoms with van der Waals surface area (Å²) in [6.45, 7) is 0. The first-order valence-corrected chi connectivity index (χ1v) is 7.23. The van der Waals surface area contributed by atoms with Crippen LogP contribution in [0, 0.1) is 0 Å². The van der Waals surface area contributed by atoms with Crippen molar-refractivity contribution in [2.24, 2.45) is 0 Å². The lowest BCUT2D eigenvalue weighted by atomic mass is 10.2. The molecule has 106 valence electrons. The minimum absolute atomic E-state index is 0.286. The molecule has 0 aliphatic rings. The van der Waals surface area contributed by atoms with E-state index in [9.17, 15) is 4.79 Å². The van der Waals surface area contributed by atoms with Crippen molar-refractivity contribution in [3.63, 3.8) is 0 Å². The highest BCUT2D eigenvalue weighted by Gasteiger charge is 2.16. The van der Waals surface area contributed by atoms with E-state index >= 15 is 0 Å². The van der Waals surface area contributed by atoms with Crippen molar-refractivity contribution in [2.75, 3.05) is 21.3 Å². The highest BCUT2D eigenvalue weighted by molar-refractivity contribution is 9.10. The van der Waals surface area contributed by atoms with Crippen LogP contribution in [0.4, 0.5) is 0 Å². The van der Waals surface area contributed by atoms with E-state index in [1.807, 2.05) is 6.07 Å². The van der Waals surface area contributed by atoms with Gasteiger partial charge in [-0.2, -0.15) is 0 Å². The minimum Gasteiger partial charge on any atom is -0.493 e. The van der Waals surface area contributed by atoms with Crippen LogP contribution in [0.2, 0.25) is 0 Å². The molecular weight excluding hydrogens is 346 g/mol. The smallest absolute Gasteiger partial charge is 0.357 e. The molecule has 5 nitrogen and oxygen atoms in total. The van der Waals surface area contributed by atoms with Crippen molar-refractivity contribution in [1.82, 2.24) is 4.98 Å². The van der Waals surface area contributed by atoms with E-state index in [4.69, 9.17) is 9.47 Å². The van der Waals surface area contributed by atoms with Gasteiger partial charge in [-0.15, -0.1) is 11.3 Å². The minimum atomic E-state index is -0.455. The number of hydrogen-bond acceptors (Lipinski definition) is 6. The van der Waals surface area contributed by atoms with Crippen LogP contribution in [0.5, 0.6) is 11.5 Å². The predicted octanol–water partition coefficient (Wildman–Crippen LogP) is 3.38. The predicted molar refractivity (Wildman–Crippen MR) is 79.7 cm³/mol. The normalized spacial score (nSPS) is 10.2. The summed E-state index contributed by atoms with van der Waals surface area (Å²) in [5, 5.41) is 2.35. The van der Waals surface area contributed by atoms with Crippen LogP contribution >= 0.6 is 27.3 Å². The fourth-order valence-corrected chi connectivity index (χ4v) is 3.07. The van der Waals surface area contributed by atoms with E-state index in [1.165, 1.54) is 18.4 Å². The van der Waals surface area contributed by atoms with Crippen LogP contribution in [0.1, 0.15) is 10.5 Å². The number of methoxy groups -OCH3 is 3. The number of nitrogens with zero attached hydrogens (tertiary/aromatic N) is 1. The molecule has 1 aromatic heterocycles. The Labute approximate surface area is 128 Å². The largest absolute Gasteiger partial charge is 0.493 e. The molecule has 2 rings (SSSR count). The van der Waals surface area contributed by atoms with Crippen molar-refractivity contribution in [2.45, 2.75) is 0 Å². The van der Waals surface area contributed by atoms with Crippen LogP contribution in [-0.4, -0.2) is 32.3 Å². The van der Waals surface area contributed by atoms with Crippen LogP contribution in [0.15, 0.2) is 22.0 Å². The van der Waals surface area contributed by atoms with Gasteiger partial charge in [0.25, 0.3) is 0 Å². The monoisotopic (exact) mass is 357 g/mol. The zero-order valence-corrected chi connectivity index (χ0v) is 13.5. The van der Waals surface area contributed by atoms with Gasteiger partial charge in [-0.3, -0.25) is 0 Å². The van der Waals surface area contributed by atoms with Crippen LogP contribution in [0.25, 0.3) is 10.6 Å². The molecule has 0 saturated carbocycles. The number of halogens is 1. The number of aromatic nitrogens is 1. The van der Waals surface area contributed by atoms with Crippen molar-refractivity contribution < 1.29 is 19.0 Å². The van der Waals surface area contributed by atoms with E-state index in [1.54, 1.807) is 25.7 Å². The summed E-state index contributed by atoms with van der Waals surface area (Å²) >= 11 is 4.82. The molecule has 1 heterocycles. The summed E-state index contributed by atoms with van der Waals surface area (Å²) in [6.07, 6.45) is 0. The van der Waals surface area contributed by atoms with Crippen LogP contribution < -0.4 is 9.47 Å². The van der Waals surface area contributed by atoms with E-state index in [-0.39, 0.29) is 5.69 Å². The molecule has 0 spiro atoms. The van der Waals surface area contributed by atoms with Gasteiger partial charge in [-0.1, -0.05) is 0 Å². The molecule has 0 aliphatic carbocycles. The Hall–Kier alpha value is -1.60. The Morgan fingerprint density at radius 3 is 2.45 bits per heavy atom. The highest BCUT2D eigenvalue weighted by atomic mass is 79.9. The molecule has 7 heteroatoms. The van der Waals surface area contributed by atoms with Crippen LogP contribution in [-0.2, 0) is 4.74 Å². The number of hydrogen-bond donors (Lipinski definition) is 0. The molecule has 0 saturated heterocycles. The molecule has 0 bridgehead atoms. The second-order valence-electron chi connectivity index (χ2n) is 3.72. The third kappa shape index (κ3) is 2.78. The van der Waals surface area contributed by atoms with Gasteiger partial charge in [-0.05, 0) is 28.1 Å². The highest BCUT2D eigenvalue weighted by Crippen LogP contribution is 2.39. The average Bonchev–Trinajstić information content (AvgIpc) is 2.95. The number of rotatable bonds is 4. The van der Waals surface area contributed by atoms with Crippen molar-refractivity contribution in [3.8, 4) is 22.1 Å². The average molecular weight is 358 g/mol. The van der Waals surface area contributed by atoms with Gasteiger partial charge in [0.2, 0.25) is 0 Å². The molecule has 0 amide bonds. The lowest BCUT2D eigenvalue weighted by Crippen LogP contribution is -2.01. The molecule has 2 aromatic rings. The quantitative estimate of drug-likeness (QED) is 0.785. The first-order valence-electron chi connectivity index (χ1n) is 5.56. The number of benzene rings is 1. The first kappa shape index (κ1) is 14.8. The number of esters is 1. The summed E-state index contributed by atoms with van der Waals surface area (Å²) in [4.78, 5) is 15.7. The molecular formula is C13H12BrNO4S. The number of thiazole rings is 1. The molecule has 0 radical (unpaired) electrons. The molecule has 0 unspecified atom stereocenters. The SMILES string of the molecule is COC(=O)c1csc(-c2cc(OC)c(OC)cc2Br)n1. The fourth-order valence-electron chi connectivity index (χ4n) is 1.61. The van der Waals surface area contributed by atoms with Gasteiger partial charge in [-0.25, -0.2) is 9.78 Å². The lowest BCUT2D eigenvalue weighted by Gasteiger charge is -2.10. The molecule has 0 fully saturated rings. The molecule has 0 aliphatic heterocycles. The maximum absolute atomic E-state index is 11.4. The van der Waals surface area contributed by atoms with Crippen molar-refractivity contribution in [3.05, 3.63) is 27.7 Å². The van der Waals surface area contributed by atoms with E-state index in [0.29, 0.717) is 16.5 Å². The Morgan fingerprint density at radius 2 is 1.85 bits per heavy atom. The Balaban J connectivity index is 2.47. The molecule has 20 heavy (non-hydrogen) atoms. The van der Waals surface area contributed by atoms with Gasteiger partial charge in [0.05, 0.1) is 21.3 Å². The maximum Gasteiger partial charge on any atom is 0.357 e. The zero-order valence-electron chi connectivity index (χ0n) is 11.1. The van der Waals surface area contributed by atoms with E-state index < -0.39 is 5.97 Å². The fraction of sp³-hybridized carbons (Fsp3) is 0.231. The summed E-state index contributed by atoms with van der Waals surface area (Å²) in [5.41, 5.74) is 1.11. The van der Waals surface area contributed by atoms with E-state index in [0.717, 1.165) is 10.0 Å². The topological polar surface area (TPSA) is 57.7 Å². The van der Waals surface area contributed by atoms with Crippen molar-refractivity contribution in [1.29, 1.82) is 0 Å². The molecule has 0 N–H and O–H groups in total. The summed E-state index contributed by atoms with van der Waals surface area (Å²) in [5.74, 6) is 0.762. The molecule has 0 atom stereocenters. The Kier molecular flexibility index (Phi) is 4.61. The second kappa shape index (κ2) is 6.23.